The molecule has 0 bridgehead atoms. The number of amides is 2. The first-order valence-corrected chi connectivity index (χ1v) is 6.98. The van der Waals surface area contributed by atoms with Gasteiger partial charge in [0.05, 0.1) is 10.7 Å². The third-order valence-corrected chi connectivity index (χ3v) is 2.98. The summed E-state index contributed by atoms with van der Waals surface area (Å²) in [6.07, 6.45) is 3.17. The molecule has 0 aromatic heterocycles. The molecule has 4 N–H and O–H groups in total. The molecule has 0 unspecified atom stereocenters. The van der Waals surface area contributed by atoms with Gasteiger partial charge in [-0.1, -0.05) is 18.0 Å². The normalized spacial score (nSPS) is 10.2. The summed E-state index contributed by atoms with van der Waals surface area (Å²) in [5.41, 5.74) is 6.54. The van der Waals surface area contributed by atoms with Gasteiger partial charge in [0, 0.05) is 19.0 Å². The van der Waals surface area contributed by atoms with Gasteiger partial charge < -0.3 is 16.4 Å². The van der Waals surface area contributed by atoms with Crippen LogP contribution in [0.5, 0.6) is 0 Å². The molecule has 6 heteroatoms. The number of unbranched alkanes of at least 4 members (excludes halogenated alkanes) is 2. The summed E-state index contributed by atoms with van der Waals surface area (Å²) < 4.78 is 0. The third kappa shape index (κ3) is 6.04. The Hall–Kier alpha value is -1.59. The van der Waals surface area contributed by atoms with E-state index in [0.29, 0.717) is 29.4 Å². The van der Waals surface area contributed by atoms with Gasteiger partial charge in [0.1, 0.15) is 0 Å². The number of carbonyl (C=O) groups is 2. The van der Waals surface area contributed by atoms with Gasteiger partial charge in [-0.05, 0) is 37.6 Å². The topological polar surface area (TPSA) is 84.2 Å². The maximum Gasteiger partial charge on any atom is 0.224 e. The van der Waals surface area contributed by atoms with E-state index < -0.39 is 0 Å². The van der Waals surface area contributed by atoms with Crippen molar-refractivity contribution in [1.82, 2.24) is 0 Å². The first kappa shape index (κ1) is 16.5. The summed E-state index contributed by atoms with van der Waals surface area (Å²) in [6, 6.07) is 4.98. The molecule has 2 amide bonds. The molecular formula is C14H20ClN3O2. The summed E-state index contributed by atoms with van der Waals surface area (Å²) in [7, 11) is 0. The van der Waals surface area contributed by atoms with Crippen LogP contribution >= 0.6 is 11.6 Å². The molecule has 0 heterocycles. The van der Waals surface area contributed by atoms with E-state index in [9.17, 15) is 9.59 Å². The van der Waals surface area contributed by atoms with Gasteiger partial charge in [-0.15, -0.1) is 0 Å². The lowest BCUT2D eigenvalue weighted by atomic mass is 10.2. The molecule has 1 rings (SSSR count). The standard InChI is InChI=1S/C14H20ClN3O2/c1-10(19)17-13-7-6-11(9-12(13)15)18-14(20)5-3-2-4-8-16/h6-7,9H,2-5,8,16H2,1H3,(H,17,19)(H,18,20). The number of carbonyl (C=O) groups excluding carboxylic acids is 2. The quantitative estimate of drug-likeness (QED) is 0.677. The molecule has 0 saturated heterocycles. The Morgan fingerprint density at radius 3 is 2.55 bits per heavy atom. The Bertz CT molecular complexity index is 477. The second-order valence-corrected chi connectivity index (χ2v) is 4.93. The van der Waals surface area contributed by atoms with Crippen LogP contribution < -0.4 is 16.4 Å². The molecule has 5 nitrogen and oxygen atoms in total. The zero-order chi connectivity index (χ0) is 15.0. The van der Waals surface area contributed by atoms with Crippen molar-refractivity contribution in [2.24, 2.45) is 5.73 Å². The summed E-state index contributed by atoms with van der Waals surface area (Å²) in [6.45, 7) is 2.06. The average Bonchev–Trinajstić information content (AvgIpc) is 2.37. The summed E-state index contributed by atoms with van der Waals surface area (Å²) in [5.74, 6) is -0.242. The van der Waals surface area contributed by atoms with E-state index in [1.807, 2.05) is 0 Å². The van der Waals surface area contributed by atoms with Gasteiger partial charge in [-0.3, -0.25) is 9.59 Å². The molecule has 1 aromatic rings. The zero-order valence-electron chi connectivity index (χ0n) is 11.5. The fourth-order valence-electron chi connectivity index (χ4n) is 1.71. The number of benzene rings is 1. The Morgan fingerprint density at radius 2 is 1.95 bits per heavy atom. The van der Waals surface area contributed by atoms with Gasteiger partial charge in [-0.25, -0.2) is 0 Å². The van der Waals surface area contributed by atoms with Crippen LogP contribution in [0.2, 0.25) is 5.02 Å². The molecule has 0 spiro atoms. The Labute approximate surface area is 123 Å². The van der Waals surface area contributed by atoms with Crippen molar-refractivity contribution >= 4 is 34.8 Å². The van der Waals surface area contributed by atoms with Crippen molar-refractivity contribution in [3.8, 4) is 0 Å². The number of anilines is 2. The smallest absolute Gasteiger partial charge is 0.224 e. The molecule has 20 heavy (non-hydrogen) atoms. The first-order valence-electron chi connectivity index (χ1n) is 6.60. The fourth-order valence-corrected chi connectivity index (χ4v) is 1.94. The number of nitrogens with two attached hydrogens (primary N) is 1. The van der Waals surface area contributed by atoms with E-state index in [4.69, 9.17) is 17.3 Å². The van der Waals surface area contributed by atoms with Crippen LogP contribution in [0.4, 0.5) is 11.4 Å². The van der Waals surface area contributed by atoms with Gasteiger partial charge >= 0.3 is 0 Å². The minimum atomic E-state index is -0.191. The van der Waals surface area contributed by atoms with Crippen molar-refractivity contribution < 1.29 is 9.59 Å². The van der Waals surface area contributed by atoms with Crippen molar-refractivity contribution in [1.29, 1.82) is 0 Å². The molecule has 0 radical (unpaired) electrons. The largest absolute Gasteiger partial charge is 0.330 e. The number of hydrogen-bond acceptors (Lipinski definition) is 3. The predicted octanol–water partition coefficient (Wildman–Crippen LogP) is 2.76. The van der Waals surface area contributed by atoms with E-state index in [2.05, 4.69) is 10.6 Å². The Morgan fingerprint density at radius 1 is 1.20 bits per heavy atom. The van der Waals surface area contributed by atoms with E-state index in [-0.39, 0.29) is 11.8 Å². The number of nitrogens with one attached hydrogen (secondary N) is 2. The van der Waals surface area contributed by atoms with E-state index >= 15 is 0 Å². The van der Waals surface area contributed by atoms with Crippen molar-refractivity contribution in [3.05, 3.63) is 23.2 Å². The van der Waals surface area contributed by atoms with Gasteiger partial charge in [0.2, 0.25) is 11.8 Å². The van der Waals surface area contributed by atoms with Crippen LogP contribution in [-0.4, -0.2) is 18.4 Å². The van der Waals surface area contributed by atoms with Crippen LogP contribution in [0.25, 0.3) is 0 Å². The first-order chi connectivity index (χ1) is 9.52. The minimum Gasteiger partial charge on any atom is -0.330 e. The number of halogens is 1. The van der Waals surface area contributed by atoms with Crippen LogP contribution in [0, 0.1) is 0 Å². The monoisotopic (exact) mass is 297 g/mol. The molecule has 0 atom stereocenters. The molecule has 1 aromatic carbocycles. The Balaban J connectivity index is 2.50. The van der Waals surface area contributed by atoms with Crippen molar-refractivity contribution in [3.63, 3.8) is 0 Å². The van der Waals surface area contributed by atoms with Crippen molar-refractivity contribution in [2.45, 2.75) is 32.6 Å². The highest BCUT2D eigenvalue weighted by Crippen LogP contribution is 2.25. The predicted molar refractivity (Wildman–Crippen MR) is 81.9 cm³/mol. The van der Waals surface area contributed by atoms with Crippen LogP contribution in [0.3, 0.4) is 0 Å². The molecular weight excluding hydrogens is 278 g/mol. The molecule has 0 aliphatic rings. The number of rotatable bonds is 7. The summed E-state index contributed by atoms with van der Waals surface area (Å²) >= 11 is 6.02. The van der Waals surface area contributed by atoms with E-state index in [1.54, 1.807) is 18.2 Å². The fraction of sp³-hybridized carbons (Fsp3) is 0.429. The van der Waals surface area contributed by atoms with E-state index in [0.717, 1.165) is 19.3 Å². The van der Waals surface area contributed by atoms with Crippen molar-refractivity contribution in [2.75, 3.05) is 17.2 Å². The highest BCUT2D eigenvalue weighted by molar-refractivity contribution is 6.34. The molecule has 0 fully saturated rings. The SMILES string of the molecule is CC(=O)Nc1ccc(NC(=O)CCCCCN)cc1Cl. The average molecular weight is 298 g/mol. The van der Waals surface area contributed by atoms with Crippen LogP contribution in [-0.2, 0) is 9.59 Å². The van der Waals surface area contributed by atoms with Gasteiger partial charge in [-0.2, -0.15) is 0 Å². The second-order valence-electron chi connectivity index (χ2n) is 4.52. The molecule has 0 aliphatic carbocycles. The lowest BCUT2D eigenvalue weighted by Crippen LogP contribution is -2.12. The van der Waals surface area contributed by atoms with Gasteiger partial charge in [0.15, 0.2) is 0 Å². The molecule has 0 saturated carbocycles. The lowest BCUT2D eigenvalue weighted by molar-refractivity contribution is -0.116. The maximum atomic E-state index is 11.7. The lowest BCUT2D eigenvalue weighted by Gasteiger charge is -2.09. The number of hydrogen-bond donors (Lipinski definition) is 3. The summed E-state index contributed by atoms with van der Waals surface area (Å²) in [5, 5.41) is 5.77. The summed E-state index contributed by atoms with van der Waals surface area (Å²) in [4.78, 5) is 22.6. The highest BCUT2D eigenvalue weighted by Gasteiger charge is 2.06. The second kappa shape index (κ2) is 8.55. The van der Waals surface area contributed by atoms with Crippen LogP contribution in [0.15, 0.2) is 18.2 Å². The van der Waals surface area contributed by atoms with E-state index in [1.165, 1.54) is 6.92 Å². The zero-order valence-corrected chi connectivity index (χ0v) is 12.3. The van der Waals surface area contributed by atoms with Gasteiger partial charge in [0.25, 0.3) is 0 Å². The molecule has 0 aliphatic heterocycles. The third-order valence-electron chi connectivity index (χ3n) is 2.67. The maximum absolute atomic E-state index is 11.7. The minimum absolute atomic E-state index is 0.0506. The molecule has 110 valence electrons. The Kier molecular flexibility index (Phi) is 7.04. The van der Waals surface area contributed by atoms with Crippen LogP contribution in [0.1, 0.15) is 32.6 Å². The highest BCUT2D eigenvalue weighted by atomic mass is 35.5.